The number of rotatable bonds is 3. The third-order valence-corrected chi connectivity index (χ3v) is 4.98. The minimum Gasteiger partial charge on any atom is -0.457 e. The van der Waals surface area contributed by atoms with Gasteiger partial charge >= 0.3 is 0 Å². The van der Waals surface area contributed by atoms with Crippen LogP contribution in [0.5, 0.6) is 0 Å². The zero-order valence-electron chi connectivity index (χ0n) is 13.9. The molecule has 3 nitrogen and oxygen atoms in total. The van der Waals surface area contributed by atoms with Crippen molar-refractivity contribution in [1.29, 1.82) is 0 Å². The molecule has 0 bridgehead atoms. The van der Waals surface area contributed by atoms with Crippen molar-refractivity contribution in [3.63, 3.8) is 0 Å². The molecule has 5 heteroatoms. The van der Waals surface area contributed by atoms with Crippen molar-refractivity contribution >= 4 is 28.8 Å². The van der Waals surface area contributed by atoms with E-state index < -0.39 is 0 Å². The van der Waals surface area contributed by atoms with E-state index in [0.29, 0.717) is 21.5 Å². The molecule has 2 heterocycles. The van der Waals surface area contributed by atoms with Crippen LogP contribution in [-0.2, 0) is 4.79 Å². The summed E-state index contributed by atoms with van der Waals surface area (Å²) >= 11 is 1.33. The quantitative estimate of drug-likeness (QED) is 0.581. The Labute approximate surface area is 154 Å². The zero-order valence-corrected chi connectivity index (χ0v) is 14.7. The van der Waals surface area contributed by atoms with Gasteiger partial charge < -0.3 is 4.42 Å². The van der Waals surface area contributed by atoms with Gasteiger partial charge in [-0.15, -0.1) is 0 Å². The molecule has 1 aliphatic heterocycles. The number of nitrogens with zero attached hydrogens (tertiary/aromatic N) is 1. The summed E-state index contributed by atoms with van der Waals surface area (Å²) in [6, 6.07) is 17.5. The molecule has 2 aromatic carbocycles. The lowest BCUT2D eigenvalue weighted by atomic mass is 10.2. The third kappa shape index (κ3) is 3.39. The molecule has 0 fully saturated rings. The van der Waals surface area contributed by atoms with Crippen molar-refractivity contribution in [2.24, 2.45) is 4.99 Å². The van der Waals surface area contributed by atoms with Crippen LogP contribution in [0.15, 0.2) is 75.0 Å². The minimum absolute atomic E-state index is 0.273. The lowest BCUT2D eigenvalue weighted by Crippen LogP contribution is -1.90. The van der Waals surface area contributed by atoms with E-state index in [1.165, 1.54) is 23.9 Å². The monoisotopic (exact) mass is 363 g/mol. The lowest BCUT2D eigenvalue weighted by Gasteiger charge is -1.99. The second-order valence-electron chi connectivity index (χ2n) is 5.91. The Hall–Kier alpha value is -2.92. The van der Waals surface area contributed by atoms with E-state index in [0.717, 1.165) is 16.7 Å². The molecule has 0 saturated carbocycles. The van der Waals surface area contributed by atoms with Crippen LogP contribution in [0.25, 0.3) is 17.4 Å². The highest BCUT2D eigenvalue weighted by Gasteiger charge is 2.23. The molecule has 0 spiro atoms. The van der Waals surface area contributed by atoms with Gasteiger partial charge in [0.05, 0.1) is 4.91 Å². The number of furan rings is 1. The van der Waals surface area contributed by atoms with E-state index in [1.54, 1.807) is 30.3 Å². The average Bonchev–Trinajstić information content (AvgIpc) is 3.24. The first-order valence-corrected chi connectivity index (χ1v) is 8.85. The lowest BCUT2D eigenvalue weighted by molar-refractivity contribution is -0.113. The maximum absolute atomic E-state index is 13.0. The summed E-state index contributed by atoms with van der Waals surface area (Å²) in [7, 11) is 0. The maximum atomic E-state index is 13.0. The van der Waals surface area contributed by atoms with Gasteiger partial charge in [0.1, 0.15) is 22.4 Å². The number of hydrogen-bond acceptors (Lipinski definition) is 3. The Balaban J connectivity index is 1.55. The topological polar surface area (TPSA) is 42.6 Å². The van der Waals surface area contributed by atoms with Crippen LogP contribution >= 0.6 is 11.8 Å². The molecule has 0 unspecified atom stereocenters. The van der Waals surface area contributed by atoms with E-state index in [4.69, 9.17) is 4.42 Å². The van der Waals surface area contributed by atoms with Crippen molar-refractivity contribution in [3.05, 3.63) is 88.3 Å². The smallest absolute Gasteiger partial charge is 0.285 e. The van der Waals surface area contributed by atoms with Gasteiger partial charge in [-0.25, -0.2) is 9.38 Å². The summed E-state index contributed by atoms with van der Waals surface area (Å²) in [6.45, 7) is 2.01. The second-order valence-corrected chi connectivity index (χ2v) is 6.94. The normalized spacial score (nSPS) is 15.5. The van der Waals surface area contributed by atoms with Gasteiger partial charge in [-0.05, 0) is 43.3 Å². The average molecular weight is 363 g/mol. The van der Waals surface area contributed by atoms with Crippen LogP contribution < -0.4 is 0 Å². The highest BCUT2D eigenvalue weighted by molar-refractivity contribution is 8.19. The summed E-state index contributed by atoms with van der Waals surface area (Å²) in [4.78, 5) is 16.8. The third-order valence-electron chi connectivity index (χ3n) is 3.95. The SMILES string of the molecule is Cc1ccc(C2=NC(=O)/C(=C/c3ccc(-c4ccc(F)cc4)o3)S2)cc1. The number of amides is 1. The fourth-order valence-corrected chi connectivity index (χ4v) is 3.46. The van der Waals surface area contributed by atoms with Crippen molar-refractivity contribution in [3.8, 4) is 11.3 Å². The van der Waals surface area contributed by atoms with Gasteiger partial charge in [-0.3, -0.25) is 4.79 Å². The predicted molar refractivity (Wildman–Crippen MR) is 102 cm³/mol. The molecule has 1 amide bonds. The number of hydrogen-bond donors (Lipinski definition) is 0. The molecule has 0 aliphatic carbocycles. The number of benzene rings is 2. The van der Waals surface area contributed by atoms with Gasteiger partial charge in [-0.1, -0.05) is 41.6 Å². The molecular formula is C21H14FNO2S. The second kappa shape index (κ2) is 6.77. The fraction of sp³-hybridized carbons (Fsp3) is 0.0476. The standard InChI is InChI=1S/C21H14FNO2S/c1-13-2-4-15(5-3-13)21-23-20(24)19(26-21)12-17-10-11-18(25-17)14-6-8-16(22)9-7-14/h2-12H,1H3/b19-12-. The van der Waals surface area contributed by atoms with E-state index in [1.807, 2.05) is 31.2 Å². The molecule has 1 aromatic heterocycles. The maximum Gasteiger partial charge on any atom is 0.285 e. The Morgan fingerprint density at radius 2 is 1.65 bits per heavy atom. The molecular weight excluding hydrogens is 349 g/mol. The number of thioether (sulfide) groups is 1. The van der Waals surface area contributed by atoms with Crippen molar-refractivity contribution in [2.75, 3.05) is 0 Å². The van der Waals surface area contributed by atoms with E-state index in [-0.39, 0.29) is 11.7 Å². The fourth-order valence-electron chi connectivity index (χ4n) is 2.56. The van der Waals surface area contributed by atoms with Crippen molar-refractivity contribution in [2.45, 2.75) is 6.92 Å². The van der Waals surface area contributed by atoms with Crippen LogP contribution in [-0.4, -0.2) is 11.0 Å². The number of aryl methyl sites for hydroxylation is 1. The Bertz CT molecular complexity index is 1030. The minimum atomic E-state index is -0.295. The Kier molecular flexibility index (Phi) is 4.31. The molecule has 3 aromatic rings. The van der Waals surface area contributed by atoms with Gasteiger partial charge in [0.25, 0.3) is 5.91 Å². The highest BCUT2D eigenvalue weighted by Crippen LogP contribution is 2.33. The van der Waals surface area contributed by atoms with Crippen LogP contribution in [0.3, 0.4) is 0 Å². The van der Waals surface area contributed by atoms with Gasteiger partial charge in [-0.2, -0.15) is 0 Å². The summed E-state index contributed by atoms with van der Waals surface area (Å²) in [5, 5.41) is 0.687. The number of halogens is 1. The number of carbonyl (C=O) groups is 1. The Morgan fingerprint density at radius 1 is 0.962 bits per heavy atom. The van der Waals surface area contributed by atoms with Gasteiger partial charge in [0, 0.05) is 17.2 Å². The highest BCUT2D eigenvalue weighted by atomic mass is 32.2. The Morgan fingerprint density at radius 3 is 2.38 bits per heavy atom. The van der Waals surface area contributed by atoms with E-state index in [2.05, 4.69) is 4.99 Å². The molecule has 0 N–H and O–H groups in total. The van der Waals surface area contributed by atoms with E-state index >= 15 is 0 Å². The molecule has 4 rings (SSSR count). The van der Waals surface area contributed by atoms with Gasteiger partial charge in [0.2, 0.25) is 0 Å². The predicted octanol–water partition coefficient (Wildman–Crippen LogP) is 5.46. The number of aliphatic imine (C=N–C) groups is 1. The zero-order chi connectivity index (χ0) is 18.1. The summed E-state index contributed by atoms with van der Waals surface area (Å²) < 4.78 is 18.8. The molecule has 0 radical (unpaired) electrons. The first-order chi connectivity index (χ1) is 12.6. The molecule has 1 aliphatic rings. The van der Waals surface area contributed by atoms with Crippen molar-refractivity contribution < 1.29 is 13.6 Å². The van der Waals surface area contributed by atoms with Crippen LogP contribution in [0, 0.1) is 12.7 Å². The van der Waals surface area contributed by atoms with Crippen molar-refractivity contribution in [1.82, 2.24) is 0 Å². The van der Waals surface area contributed by atoms with Crippen LogP contribution in [0.1, 0.15) is 16.9 Å². The molecule has 26 heavy (non-hydrogen) atoms. The summed E-state index contributed by atoms with van der Waals surface area (Å²) in [5.41, 5.74) is 2.85. The van der Waals surface area contributed by atoms with E-state index in [9.17, 15) is 9.18 Å². The first kappa shape index (κ1) is 16.5. The first-order valence-electron chi connectivity index (χ1n) is 8.04. The summed E-state index contributed by atoms with van der Waals surface area (Å²) in [6.07, 6.45) is 1.69. The molecule has 128 valence electrons. The largest absolute Gasteiger partial charge is 0.457 e. The van der Waals surface area contributed by atoms with Gasteiger partial charge in [0.15, 0.2) is 0 Å². The molecule has 0 saturated heterocycles. The van der Waals surface area contributed by atoms with Crippen LogP contribution in [0.4, 0.5) is 4.39 Å². The number of carbonyl (C=O) groups excluding carboxylic acids is 1. The van der Waals surface area contributed by atoms with Crippen LogP contribution in [0.2, 0.25) is 0 Å². The summed E-state index contributed by atoms with van der Waals surface area (Å²) in [5.74, 6) is 0.606. The molecule has 0 atom stereocenters.